The van der Waals surface area contributed by atoms with Gasteiger partial charge < -0.3 is 15.0 Å². The number of rotatable bonds is 3. The van der Waals surface area contributed by atoms with Crippen LogP contribution in [0.5, 0.6) is 5.75 Å². The number of methoxy groups -OCH3 is 1. The van der Waals surface area contributed by atoms with Gasteiger partial charge in [0.05, 0.1) is 13.5 Å². The highest BCUT2D eigenvalue weighted by Crippen LogP contribution is 2.23. The van der Waals surface area contributed by atoms with Gasteiger partial charge in [0.25, 0.3) is 0 Å². The van der Waals surface area contributed by atoms with Crippen molar-refractivity contribution >= 4 is 29.9 Å². The summed E-state index contributed by atoms with van der Waals surface area (Å²) in [7, 11) is 1.60. The Kier molecular flexibility index (Phi) is 6.59. The molecule has 0 aliphatic carbocycles. The molecule has 1 N–H and O–H groups in total. The van der Waals surface area contributed by atoms with E-state index < -0.39 is 0 Å². The minimum absolute atomic E-state index is 0. The Labute approximate surface area is 130 Å². The molecule has 2 rings (SSSR count). The number of halogens is 2. The third kappa shape index (κ3) is 4.01. The van der Waals surface area contributed by atoms with Crippen molar-refractivity contribution < 1.29 is 9.53 Å². The maximum Gasteiger partial charge on any atom is 0.227 e. The summed E-state index contributed by atoms with van der Waals surface area (Å²) in [5.41, 5.74) is 0.839. The minimum atomic E-state index is 0. The zero-order valence-electron chi connectivity index (χ0n) is 11.7. The number of carbonyl (C=O) groups is 1. The van der Waals surface area contributed by atoms with Crippen LogP contribution >= 0.6 is 24.0 Å². The van der Waals surface area contributed by atoms with Crippen LogP contribution in [0.25, 0.3) is 0 Å². The molecule has 0 unspecified atom stereocenters. The van der Waals surface area contributed by atoms with Crippen LogP contribution in [0.15, 0.2) is 18.2 Å². The molecule has 0 radical (unpaired) electrons. The third-order valence-electron chi connectivity index (χ3n) is 3.41. The average molecular weight is 319 g/mol. The molecule has 1 heterocycles. The summed E-state index contributed by atoms with van der Waals surface area (Å²) in [4.78, 5) is 14.3. The maximum atomic E-state index is 12.4. The van der Waals surface area contributed by atoms with Crippen molar-refractivity contribution in [1.82, 2.24) is 10.2 Å². The first-order valence-corrected chi connectivity index (χ1v) is 6.82. The smallest absolute Gasteiger partial charge is 0.227 e. The van der Waals surface area contributed by atoms with Crippen molar-refractivity contribution in [2.24, 2.45) is 0 Å². The molecule has 1 aromatic rings. The number of piperazine rings is 1. The van der Waals surface area contributed by atoms with Gasteiger partial charge in [-0.1, -0.05) is 11.6 Å². The van der Waals surface area contributed by atoms with Gasteiger partial charge in [-0.15, -0.1) is 12.4 Å². The molecule has 1 saturated heterocycles. The number of hydrogen-bond acceptors (Lipinski definition) is 3. The molecule has 0 saturated carbocycles. The van der Waals surface area contributed by atoms with Crippen LogP contribution in [0.2, 0.25) is 5.02 Å². The molecule has 1 atom stereocenters. The van der Waals surface area contributed by atoms with E-state index >= 15 is 0 Å². The minimum Gasteiger partial charge on any atom is -0.496 e. The monoisotopic (exact) mass is 318 g/mol. The Bertz CT molecular complexity index is 468. The van der Waals surface area contributed by atoms with Gasteiger partial charge in [0.15, 0.2) is 0 Å². The van der Waals surface area contributed by atoms with Crippen LogP contribution in [-0.2, 0) is 11.2 Å². The van der Waals surface area contributed by atoms with Crippen molar-refractivity contribution in [2.45, 2.75) is 19.4 Å². The number of hydrogen-bond donors (Lipinski definition) is 1. The molecule has 1 aliphatic heterocycles. The van der Waals surface area contributed by atoms with Gasteiger partial charge >= 0.3 is 0 Å². The Morgan fingerprint density at radius 2 is 2.30 bits per heavy atom. The standard InChI is InChI=1S/C14H19ClN2O2.ClH/c1-10-9-16-5-6-17(10)14(18)8-11-7-12(15)3-4-13(11)19-2;/h3-4,7,10,16H,5-6,8-9H2,1-2H3;1H/t10-;/m1./s1. The van der Waals surface area contributed by atoms with Crippen LogP contribution in [0.1, 0.15) is 12.5 Å². The second kappa shape index (κ2) is 7.72. The molecule has 4 nitrogen and oxygen atoms in total. The molecule has 1 aliphatic rings. The largest absolute Gasteiger partial charge is 0.496 e. The Morgan fingerprint density at radius 1 is 1.55 bits per heavy atom. The lowest BCUT2D eigenvalue weighted by Gasteiger charge is -2.34. The molecule has 20 heavy (non-hydrogen) atoms. The van der Waals surface area contributed by atoms with Crippen LogP contribution in [-0.4, -0.2) is 43.6 Å². The number of nitrogens with one attached hydrogen (secondary N) is 1. The van der Waals surface area contributed by atoms with E-state index in [1.54, 1.807) is 25.3 Å². The predicted octanol–water partition coefficient (Wildman–Crippen LogP) is 2.13. The van der Waals surface area contributed by atoms with Gasteiger partial charge in [0, 0.05) is 36.3 Å². The van der Waals surface area contributed by atoms with Crippen molar-refractivity contribution in [1.29, 1.82) is 0 Å². The third-order valence-corrected chi connectivity index (χ3v) is 3.64. The van der Waals surface area contributed by atoms with Crippen LogP contribution in [0.4, 0.5) is 0 Å². The summed E-state index contributed by atoms with van der Waals surface area (Å²) in [6.07, 6.45) is 0.327. The van der Waals surface area contributed by atoms with E-state index in [-0.39, 0.29) is 24.4 Å². The first-order valence-electron chi connectivity index (χ1n) is 6.44. The van der Waals surface area contributed by atoms with Crippen molar-refractivity contribution in [3.05, 3.63) is 28.8 Å². The van der Waals surface area contributed by atoms with Gasteiger partial charge in [0.1, 0.15) is 5.75 Å². The molecule has 1 amide bonds. The van der Waals surface area contributed by atoms with E-state index in [4.69, 9.17) is 16.3 Å². The van der Waals surface area contributed by atoms with Gasteiger partial charge in [0.2, 0.25) is 5.91 Å². The lowest BCUT2D eigenvalue weighted by molar-refractivity contribution is -0.133. The van der Waals surface area contributed by atoms with Crippen LogP contribution in [0, 0.1) is 0 Å². The van der Waals surface area contributed by atoms with Gasteiger partial charge in [-0.2, -0.15) is 0 Å². The number of amides is 1. The molecule has 1 aromatic carbocycles. The molecule has 0 aromatic heterocycles. The van der Waals surface area contributed by atoms with E-state index in [1.807, 2.05) is 4.90 Å². The number of carbonyl (C=O) groups excluding carboxylic acids is 1. The molecule has 6 heteroatoms. The number of ether oxygens (including phenoxy) is 1. The van der Waals surface area contributed by atoms with Gasteiger partial charge in [-0.3, -0.25) is 4.79 Å². The fraction of sp³-hybridized carbons (Fsp3) is 0.500. The maximum absolute atomic E-state index is 12.4. The predicted molar refractivity (Wildman–Crippen MR) is 83.0 cm³/mol. The van der Waals surface area contributed by atoms with E-state index in [2.05, 4.69) is 12.2 Å². The summed E-state index contributed by atoms with van der Waals surface area (Å²) < 4.78 is 5.27. The second-order valence-electron chi connectivity index (χ2n) is 4.77. The Morgan fingerprint density at radius 3 is 2.95 bits per heavy atom. The van der Waals surface area contributed by atoms with E-state index in [1.165, 1.54) is 0 Å². The van der Waals surface area contributed by atoms with Gasteiger partial charge in [-0.05, 0) is 25.1 Å². The highest BCUT2D eigenvalue weighted by atomic mass is 35.5. The van der Waals surface area contributed by atoms with Crippen molar-refractivity contribution in [2.75, 3.05) is 26.7 Å². The topological polar surface area (TPSA) is 41.6 Å². The van der Waals surface area contributed by atoms with E-state index in [0.717, 1.165) is 25.2 Å². The van der Waals surface area contributed by atoms with E-state index in [9.17, 15) is 4.79 Å². The molecule has 0 spiro atoms. The van der Waals surface area contributed by atoms with Gasteiger partial charge in [-0.25, -0.2) is 0 Å². The molecule has 112 valence electrons. The van der Waals surface area contributed by atoms with E-state index in [0.29, 0.717) is 17.2 Å². The summed E-state index contributed by atoms with van der Waals surface area (Å²) >= 11 is 5.98. The molecule has 1 fully saturated rings. The Hall–Kier alpha value is -0.970. The summed E-state index contributed by atoms with van der Waals surface area (Å²) in [6.45, 7) is 4.50. The normalized spacial score (nSPS) is 18.4. The summed E-state index contributed by atoms with van der Waals surface area (Å²) in [6, 6.07) is 5.59. The lowest BCUT2D eigenvalue weighted by atomic mass is 10.1. The summed E-state index contributed by atoms with van der Waals surface area (Å²) in [5.74, 6) is 0.829. The number of nitrogens with zero attached hydrogens (tertiary/aromatic N) is 1. The lowest BCUT2D eigenvalue weighted by Crippen LogP contribution is -2.52. The first kappa shape index (κ1) is 17.1. The second-order valence-corrected chi connectivity index (χ2v) is 5.21. The average Bonchev–Trinajstić information content (AvgIpc) is 2.39. The molecular formula is C14H20Cl2N2O2. The van der Waals surface area contributed by atoms with Crippen LogP contribution < -0.4 is 10.1 Å². The summed E-state index contributed by atoms with van der Waals surface area (Å²) in [5, 5.41) is 3.90. The molecular weight excluding hydrogens is 299 g/mol. The highest BCUT2D eigenvalue weighted by molar-refractivity contribution is 6.30. The van der Waals surface area contributed by atoms with Crippen molar-refractivity contribution in [3.63, 3.8) is 0 Å². The quantitative estimate of drug-likeness (QED) is 0.928. The highest BCUT2D eigenvalue weighted by Gasteiger charge is 2.23. The Balaban J connectivity index is 0.00000200. The fourth-order valence-electron chi connectivity index (χ4n) is 2.36. The first-order chi connectivity index (χ1) is 9.11. The SMILES string of the molecule is COc1ccc(Cl)cc1CC(=O)N1CCNC[C@H]1C.Cl. The number of benzene rings is 1. The zero-order valence-corrected chi connectivity index (χ0v) is 13.3. The zero-order chi connectivity index (χ0) is 13.8. The fourth-order valence-corrected chi connectivity index (χ4v) is 2.56. The van der Waals surface area contributed by atoms with Crippen LogP contribution in [0.3, 0.4) is 0 Å². The molecule has 0 bridgehead atoms. The van der Waals surface area contributed by atoms with Crippen molar-refractivity contribution in [3.8, 4) is 5.75 Å².